The van der Waals surface area contributed by atoms with Gasteiger partial charge in [0.15, 0.2) is 0 Å². The van der Waals surface area contributed by atoms with Crippen molar-refractivity contribution in [3.05, 3.63) is 11.8 Å². The Morgan fingerprint density at radius 2 is 2.17 bits per heavy atom. The molecule has 18 heavy (non-hydrogen) atoms. The normalized spacial score (nSPS) is 16.4. The van der Waals surface area contributed by atoms with Gasteiger partial charge in [-0.15, -0.1) is 0 Å². The second-order valence-electron chi connectivity index (χ2n) is 5.35. The summed E-state index contributed by atoms with van der Waals surface area (Å²) in [7, 11) is 0. The predicted molar refractivity (Wildman–Crippen MR) is 75.9 cm³/mol. The topological polar surface area (TPSA) is 49.8 Å². The molecule has 1 heterocycles. The molecule has 0 radical (unpaired) electrons. The fraction of sp³-hybridized carbons (Fsp3) is 0.714. The molecule has 4 nitrogen and oxygen atoms in total. The lowest BCUT2D eigenvalue weighted by atomic mass is 10.1. The van der Waals surface area contributed by atoms with Gasteiger partial charge in [0.1, 0.15) is 5.82 Å². The Hall–Kier alpha value is -1.32. The molecule has 1 atom stereocenters. The van der Waals surface area contributed by atoms with E-state index in [1.54, 1.807) is 0 Å². The Bertz CT molecular complexity index is 387. The summed E-state index contributed by atoms with van der Waals surface area (Å²) in [6.07, 6.45) is 5.76. The zero-order chi connectivity index (χ0) is 13.0. The largest absolute Gasteiger partial charge is 0.369 e. The lowest BCUT2D eigenvalue weighted by Crippen LogP contribution is -2.15. The van der Waals surface area contributed by atoms with E-state index >= 15 is 0 Å². The van der Waals surface area contributed by atoms with Crippen LogP contribution in [0.15, 0.2) is 6.20 Å². The first-order chi connectivity index (χ1) is 8.70. The van der Waals surface area contributed by atoms with Gasteiger partial charge in [-0.3, -0.25) is 0 Å². The molecule has 1 aromatic heterocycles. The minimum absolute atomic E-state index is 0.726. The fourth-order valence-corrected chi connectivity index (χ4v) is 2.03. The average Bonchev–Trinajstić information content (AvgIpc) is 3.20. The number of nitrogens with one attached hydrogen (secondary N) is 2. The molecule has 4 heteroatoms. The van der Waals surface area contributed by atoms with E-state index in [4.69, 9.17) is 0 Å². The van der Waals surface area contributed by atoms with Gasteiger partial charge in [-0.25, -0.2) is 4.98 Å². The minimum Gasteiger partial charge on any atom is -0.369 e. The van der Waals surface area contributed by atoms with Crippen LogP contribution in [0.4, 0.5) is 11.8 Å². The Labute approximate surface area is 110 Å². The van der Waals surface area contributed by atoms with Crippen molar-refractivity contribution < 1.29 is 0 Å². The smallest absolute Gasteiger partial charge is 0.224 e. The fourth-order valence-electron chi connectivity index (χ4n) is 2.03. The number of hydrogen-bond donors (Lipinski definition) is 2. The molecule has 0 bridgehead atoms. The molecule has 1 unspecified atom stereocenters. The summed E-state index contributed by atoms with van der Waals surface area (Å²) in [6.45, 7) is 8.43. The summed E-state index contributed by atoms with van der Waals surface area (Å²) in [6, 6.07) is 0. The van der Waals surface area contributed by atoms with Crippen molar-refractivity contribution in [1.29, 1.82) is 0 Å². The van der Waals surface area contributed by atoms with Gasteiger partial charge in [0.05, 0.1) is 0 Å². The number of anilines is 2. The molecule has 1 fully saturated rings. The molecule has 0 saturated heterocycles. The van der Waals surface area contributed by atoms with Crippen molar-refractivity contribution in [2.24, 2.45) is 11.8 Å². The van der Waals surface area contributed by atoms with Gasteiger partial charge in [0, 0.05) is 24.8 Å². The zero-order valence-electron chi connectivity index (χ0n) is 11.7. The summed E-state index contributed by atoms with van der Waals surface area (Å²) in [5.74, 6) is 3.36. The summed E-state index contributed by atoms with van der Waals surface area (Å²) >= 11 is 0. The summed E-state index contributed by atoms with van der Waals surface area (Å²) in [5.41, 5.74) is 1.11. The van der Waals surface area contributed by atoms with Gasteiger partial charge in [0.25, 0.3) is 0 Å². The Morgan fingerprint density at radius 1 is 1.39 bits per heavy atom. The monoisotopic (exact) mass is 248 g/mol. The molecule has 2 N–H and O–H groups in total. The molecule has 1 saturated carbocycles. The third kappa shape index (κ3) is 3.59. The molecular weight excluding hydrogens is 224 g/mol. The van der Waals surface area contributed by atoms with Crippen LogP contribution in [0.5, 0.6) is 0 Å². The van der Waals surface area contributed by atoms with Crippen LogP contribution in [0.1, 0.15) is 38.7 Å². The number of nitrogens with zero attached hydrogens (tertiary/aromatic N) is 2. The first-order valence-corrected chi connectivity index (χ1v) is 7.02. The van der Waals surface area contributed by atoms with E-state index in [-0.39, 0.29) is 0 Å². The van der Waals surface area contributed by atoms with Crippen LogP contribution >= 0.6 is 0 Å². The third-order valence-electron chi connectivity index (χ3n) is 3.52. The molecule has 1 aliphatic rings. The number of aryl methyl sites for hydroxylation is 1. The van der Waals surface area contributed by atoms with Crippen LogP contribution < -0.4 is 10.6 Å². The summed E-state index contributed by atoms with van der Waals surface area (Å²) < 4.78 is 0. The lowest BCUT2D eigenvalue weighted by molar-refractivity contribution is 0.535. The van der Waals surface area contributed by atoms with Crippen molar-refractivity contribution in [2.45, 2.75) is 40.0 Å². The molecule has 0 amide bonds. The van der Waals surface area contributed by atoms with E-state index in [1.165, 1.54) is 12.8 Å². The molecule has 2 rings (SSSR count). The van der Waals surface area contributed by atoms with Crippen molar-refractivity contribution in [3.63, 3.8) is 0 Å². The first kappa shape index (κ1) is 13.1. The van der Waals surface area contributed by atoms with Gasteiger partial charge in [-0.1, -0.05) is 13.8 Å². The van der Waals surface area contributed by atoms with Crippen LogP contribution in [-0.2, 0) is 0 Å². The van der Waals surface area contributed by atoms with Crippen LogP contribution in [-0.4, -0.2) is 23.1 Å². The second kappa shape index (κ2) is 6.03. The Morgan fingerprint density at radius 3 is 2.83 bits per heavy atom. The number of aromatic nitrogens is 2. The molecule has 0 aromatic carbocycles. The summed E-state index contributed by atoms with van der Waals surface area (Å²) in [5, 5.41) is 6.68. The molecule has 100 valence electrons. The quantitative estimate of drug-likeness (QED) is 0.778. The standard InChI is InChI=1S/C14H24N4/c1-4-7-15-14-17-9-11(3)13(18-14)16-8-10(2)12-5-6-12/h9-10,12H,4-8H2,1-3H3,(H2,15,16,17,18). The highest BCUT2D eigenvalue weighted by atomic mass is 15.1. The van der Waals surface area contributed by atoms with Gasteiger partial charge in [-0.05, 0) is 38.0 Å². The van der Waals surface area contributed by atoms with Crippen LogP contribution in [0, 0.1) is 18.8 Å². The molecule has 1 aromatic rings. The number of hydrogen-bond acceptors (Lipinski definition) is 4. The van der Waals surface area contributed by atoms with Crippen molar-refractivity contribution in [1.82, 2.24) is 9.97 Å². The van der Waals surface area contributed by atoms with Crippen LogP contribution in [0.2, 0.25) is 0 Å². The third-order valence-corrected chi connectivity index (χ3v) is 3.52. The van der Waals surface area contributed by atoms with Crippen LogP contribution in [0.3, 0.4) is 0 Å². The van der Waals surface area contributed by atoms with Crippen molar-refractivity contribution in [3.8, 4) is 0 Å². The molecule has 0 spiro atoms. The van der Waals surface area contributed by atoms with Crippen molar-refractivity contribution in [2.75, 3.05) is 23.7 Å². The maximum atomic E-state index is 4.53. The molecule has 1 aliphatic carbocycles. The molecule has 0 aliphatic heterocycles. The highest BCUT2D eigenvalue weighted by Crippen LogP contribution is 2.36. The van der Waals surface area contributed by atoms with Gasteiger partial charge >= 0.3 is 0 Å². The number of rotatable bonds is 7. The van der Waals surface area contributed by atoms with E-state index < -0.39 is 0 Å². The second-order valence-corrected chi connectivity index (χ2v) is 5.35. The van der Waals surface area contributed by atoms with Crippen molar-refractivity contribution >= 4 is 11.8 Å². The van der Waals surface area contributed by atoms with Gasteiger partial charge < -0.3 is 10.6 Å². The van der Waals surface area contributed by atoms with Gasteiger partial charge in [-0.2, -0.15) is 4.98 Å². The zero-order valence-corrected chi connectivity index (χ0v) is 11.7. The Balaban J connectivity index is 1.92. The predicted octanol–water partition coefficient (Wildman–Crippen LogP) is 3.06. The van der Waals surface area contributed by atoms with E-state index in [0.29, 0.717) is 0 Å². The van der Waals surface area contributed by atoms with Crippen LogP contribution in [0.25, 0.3) is 0 Å². The van der Waals surface area contributed by atoms with E-state index in [1.807, 2.05) is 13.1 Å². The van der Waals surface area contributed by atoms with E-state index in [2.05, 4.69) is 34.4 Å². The van der Waals surface area contributed by atoms with Gasteiger partial charge in [0.2, 0.25) is 5.95 Å². The highest BCUT2D eigenvalue weighted by molar-refractivity contribution is 5.46. The maximum Gasteiger partial charge on any atom is 0.224 e. The maximum absolute atomic E-state index is 4.53. The van der Waals surface area contributed by atoms with E-state index in [0.717, 1.165) is 48.7 Å². The van der Waals surface area contributed by atoms with E-state index in [9.17, 15) is 0 Å². The summed E-state index contributed by atoms with van der Waals surface area (Å²) in [4.78, 5) is 8.82. The Kier molecular flexibility index (Phi) is 4.39. The SMILES string of the molecule is CCCNc1ncc(C)c(NCC(C)C2CC2)n1. The highest BCUT2D eigenvalue weighted by Gasteiger charge is 2.27. The minimum atomic E-state index is 0.726. The lowest BCUT2D eigenvalue weighted by Gasteiger charge is -2.14. The first-order valence-electron chi connectivity index (χ1n) is 7.02. The molecular formula is C14H24N4. The average molecular weight is 248 g/mol.